The molecular weight excluding hydrogens is 1930 g/mol. The number of alkyl halides is 9. The number of carbonyl (C=O) groups is 3. The first-order chi connectivity index (χ1) is 65.8. The van der Waals surface area contributed by atoms with E-state index in [1.807, 2.05) is 9.80 Å². The van der Waals surface area contributed by atoms with Gasteiger partial charge in [0.25, 0.3) is 17.7 Å². The number of anilines is 3. The van der Waals surface area contributed by atoms with Gasteiger partial charge in [0.15, 0.2) is 15.4 Å². The van der Waals surface area contributed by atoms with Crippen molar-refractivity contribution in [3.8, 4) is 51.0 Å². The maximum atomic E-state index is 15.3. The number of halogens is 9. The van der Waals surface area contributed by atoms with E-state index >= 15 is 26.3 Å². The Bertz CT molecular complexity index is 7310. The molecule has 0 spiro atoms. The molecule has 720 valence electrons. The summed E-state index contributed by atoms with van der Waals surface area (Å²) in [6, 6.07) is 32.8. The van der Waals surface area contributed by atoms with Crippen molar-refractivity contribution in [1.82, 2.24) is 60.5 Å². The molecule has 6 saturated carbocycles. The molecule has 3 amide bonds. The van der Waals surface area contributed by atoms with Gasteiger partial charge in [-0.15, -0.1) is 39.5 Å². The van der Waals surface area contributed by atoms with E-state index in [9.17, 15) is 52.8 Å². The van der Waals surface area contributed by atoms with Crippen LogP contribution in [0.25, 0.3) is 64.4 Å². The summed E-state index contributed by atoms with van der Waals surface area (Å²) in [6.45, 7) is 4.99. The number of nitrogens with one attached hydrogen (secondary N) is 6. The van der Waals surface area contributed by atoms with Crippen molar-refractivity contribution in [2.24, 2.45) is 0 Å². The lowest BCUT2D eigenvalue weighted by atomic mass is 9.83. The van der Waals surface area contributed by atoms with E-state index in [2.05, 4.69) is 85.6 Å². The lowest BCUT2D eigenvalue weighted by molar-refractivity contribution is -0.275. The molecule has 138 heavy (non-hydrogen) atoms. The number of aromatic nitrogens is 6. The summed E-state index contributed by atoms with van der Waals surface area (Å²) in [5.74, 6) is -6.09. The number of ether oxygens (including phenoxy) is 3. The lowest BCUT2D eigenvalue weighted by Gasteiger charge is -2.51. The van der Waals surface area contributed by atoms with Crippen LogP contribution in [0.3, 0.4) is 0 Å². The van der Waals surface area contributed by atoms with Crippen molar-refractivity contribution < 1.29 is 107 Å². The van der Waals surface area contributed by atoms with Crippen LogP contribution in [0.5, 0.6) is 17.2 Å². The number of piperidine rings is 2. The Morgan fingerprint density at radius 1 is 0.507 bits per heavy atom. The minimum atomic E-state index is -5.32. The Balaban J connectivity index is 0.537. The Morgan fingerprint density at radius 3 is 1.59 bits per heavy atom. The van der Waals surface area contributed by atoms with Gasteiger partial charge in [-0.1, -0.05) is 91.9 Å². The number of fused-ring (bicyclic) bond motifs is 4. The molecule has 6 unspecified atom stereocenters. The van der Waals surface area contributed by atoms with Crippen molar-refractivity contribution >= 4 is 128 Å². The first-order valence-corrected chi connectivity index (χ1v) is 52.1. The number of benzene rings is 4. The summed E-state index contributed by atoms with van der Waals surface area (Å²) < 4.78 is 251. The second-order valence-corrected chi connectivity index (χ2v) is 46.9. The summed E-state index contributed by atoms with van der Waals surface area (Å²) in [5, 5.41) is 25.4. The fourth-order valence-corrected chi connectivity index (χ4v) is 25.9. The number of hydrogen-bond donors (Lipinski definition) is 6. The summed E-state index contributed by atoms with van der Waals surface area (Å²) >= 11 is 3.93. The summed E-state index contributed by atoms with van der Waals surface area (Å²) in [6.07, 6.45) is -5.64. The summed E-state index contributed by atoms with van der Waals surface area (Å²) in [4.78, 5) is 60.1. The zero-order valence-corrected chi connectivity index (χ0v) is 78.2. The van der Waals surface area contributed by atoms with E-state index in [1.54, 1.807) is 44.2 Å². The van der Waals surface area contributed by atoms with Gasteiger partial charge >= 0.3 is 19.1 Å². The highest BCUT2D eigenvalue weighted by atomic mass is 32.2. The second-order valence-electron chi connectivity index (χ2n) is 37.5. The van der Waals surface area contributed by atoms with E-state index in [4.69, 9.17) is 38.0 Å². The van der Waals surface area contributed by atoms with E-state index in [0.717, 1.165) is 31.0 Å². The van der Waals surface area contributed by atoms with Crippen molar-refractivity contribution in [1.29, 1.82) is 0 Å². The largest absolute Gasteiger partial charge is 0.573 e. The molecule has 7 aliphatic carbocycles. The highest BCUT2D eigenvalue weighted by Gasteiger charge is 2.55. The molecule has 0 radical (unpaired) electrons. The van der Waals surface area contributed by atoms with Crippen LogP contribution >= 0.6 is 34.0 Å². The molecule has 9 fully saturated rings. The third-order valence-electron chi connectivity index (χ3n) is 27.8. The van der Waals surface area contributed by atoms with Gasteiger partial charge in [-0.3, -0.25) is 14.4 Å². The predicted molar refractivity (Wildman–Crippen MR) is 488 cm³/mol. The summed E-state index contributed by atoms with van der Waals surface area (Å²) in [7, 11) is -11.7. The number of thiazole rings is 3. The van der Waals surface area contributed by atoms with Crippen LogP contribution in [-0.2, 0) is 49.7 Å². The van der Waals surface area contributed by atoms with Gasteiger partial charge in [-0.25, -0.2) is 54.4 Å². The molecule has 4 aliphatic heterocycles. The Morgan fingerprint density at radius 2 is 1.03 bits per heavy atom. The fraction of sp³-hybridized carbons (Fsp3) is 0.430. The van der Waals surface area contributed by atoms with Crippen LogP contribution in [0.2, 0.25) is 0 Å². The number of para-hydroxylation sites is 2. The van der Waals surface area contributed by atoms with E-state index in [1.165, 1.54) is 88.6 Å². The molecule has 6 N–H and O–H groups in total. The minimum absolute atomic E-state index is 0.000481. The Labute approximate surface area is 794 Å². The van der Waals surface area contributed by atoms with Crippen LogP contribution in [0, 0.1) is 24.3 Å². The third-order valence-corrected chi connectivity index (χ3v) is 37.1. The van der Waals surface area contributed by atoms with Crippen LogP contribution in [0.15, 0.2) is 116 Å². The molecule has 11 aliphatic rings. The SMILES string of the molecule is CC1(S(=O)(=O)NC(=O)c2c#cc3nc(N4CCC(NCc5c(-c6ccccc6OC(F)(F)F)noc5C5CC5c5ccc(-c6noc(C7CC7c7cccc(-c8noc(C9CC9)c8CNC8=CC9CC(C8)N9c8nc9ccc(C(=O)NS(=O)(=O)C%10(C)CC%10)cc9s8)c7OC(F)(F)F)c6CNC6CCN(c7nc8c#cc(C(=O)NS(=O)(=O)C9CC9)cc8s7)CC6)c(OC(F)(F)F)c5)CC4)sc3c2)CC1. The number of carbonyl (C=O) groups excluding carboxylic acids is 3. The van der Waals surface area contributed by atoms with Gasteiger partial charge in [-0.05, 0) is 212 Å². The van der Waals surface area contributed by atoms with Gasteiger partial charge in [0.1, 0.15) is 62.6 Å². The average Bonchev–Trinajstić information content (AvgIpc) is 1.53. The molecule has 12 aromatic rings. The minimum Gasteiger partial charge on any atom is -0.405 e. The Kier molecular flexibility index (Phi) is 22.5. The fourth-order valence-electron chi connectivity index (χ4n) is 19.0. The van der Waals surface area contributed by atoms with Gasteiger partial charge in [0.05, 0.1) is 51.5 Å². The van der Waals surface area contributed by atoms with Gasteiger partial charge in [-0.2, -0.15) is 0 Å². The van der Waals surface area contributed by atoms with Crippen LogP contribution in [-0.4, -0.2) is 158 Å². The van der Waals surface area contributed by atoms with Crippen molar-refractivity contribution in [3.05, 3.63) is 189 Å². The predicted octanol–water partition coefficient (Wildman–Crippen LogP) is 16.8. The van der Waals surface area contributed by atoms with Crippen LogP contribution in [0.1, 0.15) is 222 Å². The first-order valence-electron chi connectivity index (χ1n) is 45.2. The number of nitrogens with zero attached hydrogens (tertiary/aromatic N) is 9. The van der Waals surface area contributed by atoms with E-state index in [0.29, 0.717) is 165 Å². The van der Waals surface area contributed by atoms with Gasteiger partial charge in [0, 0.05) is 133 Å². The third kappa shape index (κ3) is 18.3. The maximum absolute atomic E-state index is 15.3. The maximum Gasteiger partial charge on any atom is 0.573 e. The number of rotatable bonds is 32. The number of sulfonamides is 3. The smallest absolute Gasteiger partial charge is 0.405 e. The number of amides is 3. The molecule has 6 aromatic carbocycles. The quantitative estimate of drug-likeness (QED) is 0.0213. The molecule has 23 rings (SSSR count). The molecule has 6 aromatic heterocycles. The topological polar surface area (TPSA) is 380 Å². The standard InChI is InChI=1S/C93H84F9N15O15S6/c1-89(26-27-89)137(123,124)113-84(119)49-14-20-69-74(36-49)134-87(107-69)116-30-22-51(23-31-116)103-44-66-76(58-6-3-4-9-71(58)127-91(94,95)96)109-131-81(66)63-41-61(63)47-12-18-59(72(34-47)128-92(97,98)99)77-67(45-104-52-24-32-115(33-25-52)86-106-68-19-13-48(35-73(68)133-86)83(118)112-136(121,122)56-16-17-56)82(132-110-77)64-42-62(64)57-7-5-8-60(80(57)129-93(100,101)102)78-65(79(130-111-78)46-10-11-46)43-105-53-38-54-40-55(39-53)117(54)88-108-70-21-15-50(37-75(70)135-88)85(120)114-138(125,126)90(2)28-29-90/h3-9,12,15,18,21,34-38,46,51-52,54-56,61-64,103-105H,10-11,16-17,22-33,39-45H2,1-2H3,(H,112,118)(H,113,119)(H,114,120). The summed E-state index contributed by atoms with van der Waals surface area (Å²) in [5.41, 5.74) is 3.89. The molecule has 2 bridgehead atoms. The van der Waals surface area contributed by atoms with E-state index < -0.39 is 123 Å². The monoisotopic (exact) mass is 2010 g/mol. The molecule has 3 saturated heterocycles. The normalized spacial score (nSPS) is 21.4. The highest BCUT2D eigenvalue weighted by Crippen LogP contribution is 2.62. The highest BCUT2D eigenvalue weighted by molar-refractivity contribution is 7.92. The van der Waals surface area contributed by atoms with Crippen molar-refractivity contribution in [2.75, 3.05) is 40.9 Å². The zero-order chi connectivity index (χ0) is 95.8. The van der Waals surface area contributed by atoms with E-state index in [-0.39, 0.29) is 136 Å². The second kappa shape index (κ2) is 34.0. The average molecular weight is 2020 g/mol. The lowest BCUT2D eigenvalue weighted by Crippen LogP contribution is -2.58. The molecule has 45 heteroatoms. The van der Waals surface area contributed by atoms with Gasteiger partial charge < -0.3 is 58.4 Å². The van der Waals surface area contributed by atoms with Gasteiger partial charge in [0.2, 0.25) is 30.1 Å². The number of hydrogen-bond acceptors (Lipinski definition) is 30. The van der Waals surface area contributed by atoms with Crippen LogP contribution in [0.4, 0.5) is 54.9 Å². The van der Waals surface area contributed by atoms with Crippen molar-refractivity contribution in [3.63, 3.8) is 0 Å². The first kappa shape index (κ1) is 91.2. The zero-order valence-electron chi connectivity index (χ0n) is 73.3. The Hall–Kier alpha value is -11.9. The van der Waals surface area contributed by atoms with Crippen LogP contribution < -0.4 is 59.0 Å². The molecule has 10 heterocycles. The molecular formula is C93H84F9N15O15S6. The molecule has 30 nitrogen and oxygen atoms in total. The van der Waals surface area contributed by atoms with Crippen molar-refractivity contribution in [2.45, 2.75) is 224 Å². The molecule has 6 atom stereocenters.